The van der Waals surface area contributed by atoms with Crippen LogP contribution in [0.5, 0.6) is 0 Å². The number of rotatable bonds is 6. The maximum atomic E-state index is 13.1. The van der Waals surface area contributed by atoms with Gasteiger partial charge in [-0.25, -0.2) is 4.39 Å². The number of halogens is 2. The van der Waals surface area contributed by atoms with Crippen LogP contribution in [0.15, 0.2) is 23.4 Å². The minimum Gasteiger partial charge on any atom is -0.409 e. The molecule has 0 radical (unpaired) electrons. The molecule has 0 aliphatic rings. The van der Waals surface area contributed by atoms with Crippen LogP contribution in [0, 0.1) is 11.2 Å². The topological polar surface area (TPSA) is 70.6 Å². The normalized spacial score (nSPS) is 12.5. The summed E-state index contributed by atoms with van der Waals surface area (Å²) in [6.07, 6.45) is 1.55. The van der Waals surface area contributed by atoms with Crippen molar-refractivity contribution in [1.82, 2.24) is 0 Å². The SMILES string of the molecule is CC(C)(CCCNc1cc(F)cc(Cl)c1)/C(N)=N/O. The lowest BCUT2D eigenvalue weighted by Gasteiger charge is -2.22. The Kier molecular flexibility index (Phi) is 5.42. The molecule has 0 atom stereocenters. The number of hydrogen-bond acceptors (Lipinski definition) is 3. The molecule has 0 saturated carbocycles. The summed E-state index contributed by atoms with van der Waals surface area (Å²) >= 11 is 5.76. The van der Waals surface area contributed by atoms with Crippen LogP contribution in [0.4, 0.5) is 10.1 Å². The molecule has 1 aromatic carbocycles. The van der Waals surface area contributed by atoms with Crippen LogP contribution in [0.25, 0.3) is 0 Å². The van der Waals surface area contributed by atoms with E-state index in [4.69, 9.17) is 22.5 Å². The standard InChI is InChI=1S/C13H19ClFN3O/c1-13(2,12(16)18-19)4-3-5-17-11-7-9(14)6-10(15)8-11/h6-8,17,19H,3-5H2,1-2H3,(H2,16,18). The molecule has 0 amide bonds. The van der Waals surface area contributed by atoms with Gasteiger partial charge < -0.3 is 16.3 Å². The van der Waals surface area contributed by atoms with E-state index in [1.165, 1.54) is 12.1 Å². The molecular weight excluding hydrogens is 269 g/mol. The molecule has 6 heteroatoms. The Hall–Kier alpha value is -1.49. The van der Waals surface area contributed by atoms with Gasteiger partial charge in [0.2, 0.25) is 0 Å². The first-order chi connectivity index (χ1) is 8.85. The van der Waals surface area contributed by atoms with E-state index in [1.807, 2.05) is 13.8 Å². The molecule has 0 aliphatic heterocycles. The fourth-order valence-electron chi connectivity index (χ4n) is 1.68. The number of hydrogen-bond donors (Lipinski definition) is 3. The highest BCUT2D eigenvalue weighted by Crippen LogP contribution is 2.23. The molecule has 0 fully saturated rings. The van der Waals surface area contributed by atoms with Gasteiger partial charge in [0.25, 0.3) is 0 Å². The molecule has 0 spiro atoms. The van der Waals surface area contributed by atoms with Gasteiger partial charge in [0.15, 0.2) is 0 Å². The van der Waals surface area contributed by atoms with Gasteiger partial charge in [0, 0.05) is 22.7 Å². The lowest BCUT2D eigenvalue weighted by molar-refractivity contribution is 0.305. The monoisotopic (exact) mass is 287 g/mol. The molecule has 0 aromatic heterocycles. The van der Waals surface area contributed by atoms with Crippen molar-refractivity contribution in [3.05, 3.63) is 29.0 Å². The molecule has 19 heavy (non-hydrogen) atoms. The van der Waals surface area contributed by atoms with Gasteiger partial charge in [-0.1, -0.05) is 30.6 Å². The molecule has 0 bridgehead atoms. The largest absolute Gasteiger partial charge is 0.409 e. The van der Waals surface area contributed by atoms with E-state index in [0.717, 1.165) is 12.8 Å². The van der Waals surface area contributed by atoms with Gasteiger partial charge >= 0.3 is 0 Å². The van der Waals surface area contributed by atoms with Crippen LogP contribution in [0.1, 0.15) is 26.7 Å². The van der Waals surface area contributed by atoms with Gasteiger partial charge in [0.1, 0.15) is 11.7 Å². The summed E-state index contributed by atoms with van der Waals surface area (Å²) in [5.41, 5.74) is 5.88. The van der Waals surface area contributed by atoms with Crippen LogP contribution < -0.4 is 11.1 Å². The van der Waals surface area contributed by atoms with Gasteiger partial charge in [-0.15, -0.1) is 0 Å². The molecular formula is C13H19ClFN3O. The second kappa shape index (κ2) is 6.61. The zero-order valence-corrected chi connectivity index (χ0v) is 11.8. The Balaban J connectivity index is 2.43. The highest BCUT2D eigenvalue weighted by atomic mass is 35.5. The minimum atomic E-state index is -0.369. The first kappa shape index (κ1) is 15.6. The van der Waals surface area contributed by atoms with E-state index in [-0.39, 0.29) is 17.1 Å². The fourth-order valence-corrected chi connectivity index (χ4v) is 1.90. The van der Waals surface area contributed by atoms with Crippen LogP contribution in [-0.2, 0) is 0 Å². The van der Waals surface area contributed by atoms with E-state index in [0.29, 0.717) is 17.3 Å². The Morgan fingerprint density at radius 1 is 1.47 bits per heavy atom. The van der Waals surface area contributed by atoms with Crippen molar-refractivity contribution >= 4 is 23.1 Å². The lowest BCUT2D eigenvalue weighted by Crippen LogP contribution is -2.32. The first-order valence-electron chi connectivity index (χ1n) is 6.03. The number of amidine groups is 1. The third kappa shape index (κ3) is 4.95. The number of nitrogens with two attached hydrogens (primary N) is 1. The van der Waals surface area contributed by atoms with E-state index in [2.05, 4.69) is 10.5 Å². The van der Waals surface area contributed by atoms with Crippen molar-refractivity contribution in [1.29, 1.82) is 0 Å². The molecule has 0 saturated heterocycles. The van der Waals surface area contributed by atoms with E-state index < -0.39 is 0 Å². The second-order valence-electron chi connectivity index (χ2n) is 5.06. The zero-order valence-electron chi connectivity index (χ0n) is 11.1. The smallest absolute Gasteiger partial charge is 0.144 e. The Bertz CT molecular complexity index is 443. The number of oxime groups is 1. The number of nitrogens with zero attached hydrogens (tertiary/aromatic N) is 1. The Morgan fingerprint density at radius 3 is 2.74 bits per heavy atom. The molecule has 0 aliphatic carbocycles. The summed E-state index contributed by atoms with van der Waals surface area (Å²) in [5, 5.41) is 15.1. The maximum Gasteiger partial charge on any atom is 0.144 e. The van der Waals surface area contributed by atoms with Crippen LogP contribution >= 0.6 is 11.6 Å². The summed E-state index contributed by atoms with van der Waals surface area (Å²) in [5.74, 6) is -0.159. The second-order valence-corrected chi connectivity index (χ2v) is 5.49. The van der Waals surface area contributed by atoms with Gasteiger partial charge in [-0.2, -0.15) is 0 Å². The third-order valence-electron chi connectivity index (χ3n) is 2.97. The third-order valence-corrected chi connectivity index (χ3v) is 3.19. The molecule has 1 aromatic rings. The molecule has 4 N–H and O–H groups in total. The van der Waals surface area contributed by atoms with Gasteiger partial charge in [-0.3, -0.25) is 0 Å². The Morgan fingerprint density at radius 2 is 2.16 bits per heavy atom. The highest BCUT2D eigenvalue weighted by molar-refractivity contribution is 6.30. The highest BCUT2D eigenvalue weighted by Gasteiger charge is 2.22. The van der Waals surface area contributed by atoms with Crippen LogP contribution in [0.3, 0.4) is 0 Å². The lowest BCUT2D eigenvalue weighted by atomic mass is 9.86. The summed E-state index contributed by atoms with van der Waals surface area (Å²) < 4.78 is 13.1. The van der Waals surface area contributed by atoms with Crippen molar-refractivity contribution in [2.24, 2.45) is 16.3 Å². The molecule has 106 valence electrons. The van der Waals surface area contributed by atoms with Crippen molar-refractivity contribution in [2.45, 2.75) is 26.7 Å². The van der Waals surface area contributed by atoms with Crippen molar-refractivity contribution < 1.29 is 9.60 Å². The summed E-state index contributed by atoms with van der Waals surface area (Å²) in [6.45, 7) is 4.46. The van der Waals surface area contributed by atoms with E-state index in [9.17, 15) is 4.39 Å². The molecule has 0 heterocycles. The van der Waals surface area contributed by atoms with Crippen molar-refractivity contribution in [3.8, 4) is 0 Å². The number of anilines is 1. The first-order valence-corrected chi connectivity index (χ1v) is 6.41. The van der Waals surface area contributed by atoms with Crippen molar-refractivity contribution in [2.75, 3.05) is 11.9 Å². The minimum absolute atomic E-state index is 0.210. The average Bonchev–Trinajstić information content (AvgIpc) is 2.32. The van der Waals surface area contributed by atoms with Crippen LogP contribution in [0.2, 0.25) is 5.02 Å². The van der Waals surface area contributed by atoms with E-state index >= 15 is 0 Å². The van der Waals surface area contributed by atoms with E-state index in [1.54, 1.807) is 6.07 Å². The van der Waals surface area contributed by atoms with Crippen LogP contribution in [-0.4, -0.2) is 17.6 Å². The number of benzene rings is 1. The van der Waals surface area contributed by atoms with Crippen molar-refractivity contribution in [3.63, 3.8) is 0 Å². The predicted octanol–water partition coefficient (Wildman–Crippen LogP) is 3.44. The Labute approximate surface area is 117 Å². The average molecular weight is 288 g/mol. The zero-order chi connectivity index (χ0) is 14.5. The summed E-state index contributed by atoms with van der Waals surface area (Å²) in [4.78, 5) is 0. The maximum absolute atomic E-state index is 13.1. The molecule has 1 rings (SSSR count). The predicted molar refractivity (Wildman–Crippen MR) is 76.3 cm³/mol. The van der Waals surface area contributed by atoms with Gasteiger partial charge in [-0.05, 0) is 31.0 Å². The number of nitrogens with one attached hydrogen (secondary N) is 1. The molecule has 4 nitrogen and oxygen atoms in total. The summed E-state index contributed by atoms with van der Waals surface area (Å²) in [6, 6.07) is 4.31. The fraction of sp³-hybridized carbons (Fsp3) is 0.462. The quantitative estimate of drug-likeness (QED) is 0.247. The molecule has 0 unspecified atom stereocenters. The summed E-state index contributed by atoms with van der Waals surface area (Å²) in [7, 11) is 0. The van der Waals surface area contributed by atoms with Gasteiger partial charge in [0.05, 0.1) is 0 Å².